The SMILES string of the molecule is [C-]#[N+]C(C)(C)Cc1cc2nc[n+](C)c3c4c(C)c(C)cc5c6c(C(C)C)cccc6n(c(c1)c23)c54. The van der Waals surface area contributed by atoms with Crippen LogP contribution in [-0.4, -0.2) is 14.9 Å². The number of pyridine rings is 1. The van der Waals surface area contributed by atoms with E-state index in [-0.39, 0.29) is 0 Å². The lowest BCUT2D eigenvalue weighted by Crippen LogP contribution is -2.30. The monoisotopic (exact) mass is 459 g/mol. The molecule has 0 aliphatic rings. The minimum atomic E-state index is -0.457. The van der Waals surface area contributed by atoms with E-state index in [9.17, 15) is 0 Å². The van der Waals surface area contributed by atoms with Gasteiger partial charge in [-0.05, 0) is 71.3 Å². The molecule has 0 aliphatic carbocycles. The fourth-order valence-electron chi connectivity index (χ4n) is 6.02. The lowest BCUT2D eigenvalue weighted by Gasteiger charge is -2.16. The third kappa shape index (κ3) is 2.91. The maximum atomic E-state index is 7.67. The first-order valence-corrected chi connectivity index (χ1v) is 12.4. The lowest BCUT2D eigenvalue weighted by molar-refractivity contribution is -0.646. The van der Waals surface area contributed by atoms with Gasteiger partial charge in [-0.1, -0.05) is 26.0 Å². The highest BCUT2D eigenvalue weighted by atomic mass is 15.0. The molecule has 174 valence electrons. The van der Waals surface area contributed by atoms with Crippen molar-refractivity contribution in [3.63, 3.8) is 0 Å². The molecule has 6 aromatic rings. The summed E-state index contributed by atoms with van der Waals surface area (Å²) in [6.45, 7) is 20.7. The van der Waals surface area contributed by atoms with Gasteiger partial charge in [-0.25, -0.2) is 11.1 Å². The van der Waals surface area contributed by atoms with Gasteiger partial charge >= 0.3 is 0 Å². The zero-order valence-electron chi connectivity index (χ0n) is 21.6. The van der Waals surface area contributed by atoms with Crippen LogP contribution in [0.15, 0.2) is 42.7 Å². The van der Waals surface area contributed by atoms with Crippen LogP contribution in [-0.2, 0) is 13.5 Å². The Hall–Kier alpha value is -3.71. The first kappa shape index (κ1) is 21.8. The predicted octanol–water partition coefficient (Wildman–Crippen LogP) is 7.19. The maximum absolute atomic E-state index is 7.67. The van der Waals surface area contributed by atoms with E-state index in [0.717, 1.165) is 11.1 Å². The maximum Gasteiger partial charge on any atom is 0.287 e. The molecule has 4 heteroatoms. The molecular weight excluding hydrogens is 428 g/mol. The van der Waals surface area contributed by atoms with E-state index in [1.54, 1.807) is 0 Å². The Labute approximate surface area is 206 Å². The Morgan fingerprint density at radius 1 is 1.06 bits per heavy atom. The smallest absolute Gasteiger partial charge is 0.287 e. The lowest BCUT2D eigenvalue weighted by atomic mass is 9.92. The first-order chi connectivity index (χ1) is 16.6. The van der Waals surface area contributed by atoms with Crippen molar-refractivity contribution >= 4 is 49.1 Å². The van der Waals surface area contributed by atoms with Gasteiger partial charge in [0.1, 0.15) is 5.52 Å². The van der Waals surface area contributed by atoms with E-state index in [0.29, 0.717) is 12.3 Å². The van der Waals surface area contributed by atoms with Crippen LogP contribution in [0.2, 0.25) is 0 Å². The van der Waals surface area contributed by atoms with Gasteiger partial charge in [-0.3, -0.25) is 0 Å². The van der Waals surface area contributed by atoms with Crippen LogP contribution in [0.4, 0.5) is 0 Å². The van der Waals surface area contributed by atoms with Crippen molar-refractivity contribution in [1.29, 1.82) is 0 Å². The molecule has 3 aromatic heterocycles. The third-order valence-electron chi connectivity index (χ3n) is 7.78. The van der Waals surface area contributed by atoms with E-state index < -0.39 is 5.54 Å². The summed E-state index contributed by atoms with van der Waals surface area (Å²) < 4.78 is 4.66. The molecule has 0 saturated carbocycles. The molecule has 0 spiro atoms. The summed E-state index contributed by atoms with van der Waals surface area (Å²) in [7, 11) is 2.10. The van der Waals surface area contributed by atoms with Gasteiger partial charge in [0.05, 0.1) is 40.8 Å². The van der Waals surface area contributed by atoms with Crippen LogP contribution in [0.25, 0.3) is 54.0 Å². The summed E-state index contributed by atoms with van der Waals surface area (Å²) in [4.78, 5) is 8.75. The minimum absolute atomic E-state index is 0.425. The Kier molecular flexibility index (Phi) is 4.45. The second kappa shape index (κ2) is 7.15. The molecule has 4 nitrogen and oxygen atoms in total. The van der Waals surface area contributed by atoms with Gasteiger partial charge in [0.15, 0.2) is 5.52 Å². The summed E-state index contributed by atoms with van der Waals surface area (Å²) in [6.07, 6.45) is 2.63. The third-order valence-corrected chi connectivity index (χ3v) is 7.78. The van der Waals surface area contributed by atoms with E-state index in [2.05, 4.69) is 85.0 Å². The van der Waals surface area contributed by atoms with Crippen LogP contribution < -0.4 is 4.57 Å². The second-order valence-electron chi connectivity index (χ2n) is 11.1. The molecule has 3 heterocycles. The molecule has 0 radical (unpaired) electrons. The Morgan fingerprint density at radius 2 is 1.83 bits per heavy atom. The Bertz CT molecular complexity index is 1860. The minimum Gasteiger partial charge on any atom is -0.311 e. The molecule has 3 aromatic carbocycles. The van der Waals surface area contributed by atoms with Crippen molar-refractivity contribution in [1.82, 2.24) is 9.38 Å². The van der Waals surface area contributed by atoms with Crippen LogP contribution >= 0.6 is 0 Å². The Morgan fingerprint density at radius 3 is 2.54 bits per heavy atom. The number of rotatable bonds is 3. The van der Waals surface area contributed by atoms with Gasteiger partial charge < -0.3 is 9.25 Å². The van der Waals surface area contributed by atoms with E-state index in [1.807, 2.05) is 20.2 Å². The normalized spacial score (nSPS) is 12.8. The highest BCUT2D eigenvalue weighted by Crippen LogP contribution is 2.43. The summed E-state index contributed by atoms with van der Waals surface area (Å²) in [5.74, 6) is 0.425. The summed E-state index contributed by atoms with van der Waals surface area (Å²) >= 11 is 0. The Balaban J connectivity index is 1.96. The van der Waals surface area contributed by atoms with Crippen LogP contribution in [0.1, 0.15) is 55.9 Å². The van der Waals surface area contributed by atoms with Crippen LogP contribution in [0, 0.1) is 20.4 Å². The molecule has 0 fully saturated rings. The number of benzene rings is 3. The van der Waals surface area contributed by atoms with Crippen LogP contribution in [0.3, 0.4) is 0 Å². The standard InChI is InChI=1S/C31H31N4/c1-17(2)21-10-9-11-24-27(21)22-12-18(3)19(4)26-29(22)35(24)25-14-20(15-31(5,6)32-7)13-23-28(25)30(26)34(8)16-33-23/h9-14,16-17H,15H2,1-6,8H3/q+1. The van der Waals surface area contributed by atoms with Crippen LogP contribution in [0.5, 0.6) is 0 Å². The summed E-state index contributed by atoms with van der Waals surface area (Å²) in [5.41, 5.74) is 10.6. The molecule has 0 atom stereocenters. The average Bonchev–Trinajstić information content (AvgIpc) is 3.14. The van der Waals surface area contributed by atoms with Gasteiger partial charge in [-0.15, -0.1) is 0 Å². The van der Waals surface area contributed by atoms with E-state index in [1.165, 1.54) is 60.3 Å². The largest absolute Gasteiger partial charge is 0.311 e. The fraction of sp³-hybridized carbons (Fsp3) is 0.323. The van der Waals surface area contributed by atoms with Crippen molar-refractivity contribution in [2.75, 3.05) is 0 Å². The van der Waals surface area contributed by atoms with E-state index >= 15 is 0 Å². The van der Waals surface area contributed by atoms with Gasteiger partial charge in [-0.2, -0.15) is 0 Å². The predicted molar refractivity (Wildman–Crippen MR) is 146 cm³/mol. The van der Waals surface area contributed by atoms with E-state index in [4.69, 9.17) is 11.6 Å². The number of hydrogen-bond donors (Lipinski definition) is 0. The van der Waals surface area contributed by atoms with Crippen molar-refractivity contribution in [2.24, 2.45) is 7.05 Å². The van der Waals surface area contributed by atoms with Gasteiger partial charge in [0.2, 0.25) is 5.54 Å². The van der Waals surface area contributed by atoms with Crippen molar-refractivity contribution in [2.45, 2.75) is 59.4 Å². The quantitative estimate of drug-likeness (QED) is 0.119. The highest BCUT2D eigenvalue weighted by molar-refractivity contribution is 6.26. The fourth-order valence-corrected chi connectivity index (χ4v) is 6.02. The van der Waals surface area contributed by atoms with Crippen molar-refractivity contribution in [3.05, 3.63) is 76.4 Å². The molecule has 35 heavy (non-hydrogen) atoms. The number of hydrogen-bond acceptors (Lipinski definition) is 1. The average molecular weight is 460 g/mol. The van der Waals surface area contributed by atoms with Crippen molar-refractivity contribution in [3.8, 4) is 0 Å². The van der Waals surface area contributed by atoms with Gasteiger partial charge in [0, 0.05) is 24.6 Å². The molecular formula is C31H31N4+. The zero-order chi connectivity index (χ0) is 24.8. The first-order valence-electron chi connectivity index (χ1n) is 12.4. The number of fused-ring (bicyclic) bond motifs is 5. The highest BCUT2D eigenvalue weighted by Gasteiger charge is 2.28. The summed E-state index contributed by atoms with van der Waals surface area (Å²) in [6, 6.07) is 13.6. The molecule has 0 amide bonds. The molecule has 0 bridgehead atoms. The van der Waals surface area contributed by atoms with Crippen molar-refractivity contribution < 1.29 is 4.57 Å². The second-order valence-corrected chi connectivity index (χ2v) is 11.1. The molecule has 0 aliphatic heterocycles. The number of aryl methyl sites for hydroxylation is 3. The summed E-state index contributed by atoms with van der Waals surface area (Å²) in [5, 5.41) is 5.17. The van der Waals surface area contributed by atoms with Gasteiger partial charge in [0.25, 0.3) is 6.33 Å². The molecule has 6 rings (SSSR count). The molecule has 0 saturated heterocycles. The molecule has 0 unspecified atom stereocenters. The number of aromatic nitrogens is 3. The number of nitrogens with zero attached hydrogens (tertiary/aromatic N) is 4. The zero-order valence-corrected chi connectivity index (χ0v) is 21.6. The molecule has 0 N–H and O–H groups in total. The topological polar surface area (TPSA) is 25.5 Å².